The van der Waals surface area contributed by atoms with Gasteiger partial charge in [-0.15, -0.1) is 0 Å². The number of rotatable bonds is 6. The Labute approximate surface area is 206 Å². The molecular formula is C25H26F4IN4-. The van der Waals surface area contributed by atoms with Gasteiger partial charge in [-0.1, -0.05) is 0 Å². The zero-order chi connectivity index (χ0) is 24.1. The molecule has 1 aliphatic carbocycles. The topological polar surface area (TPSA) is 63.0 Å². The van der Waals surface area contributed by atoms with E-state index in [4.69, 9.17) is 5.73 Å². The first-order valence-electron chi connectivity index (χ1n) is 11.1. The molecule has 1 saturated carbocycles. The van der Waals surface area contributed by atoms with Gasteiger partial charge in [0, 0.05) is 0 Å². The van der Waals surface area contributed by atoms with Crippen molar-refractivity contribution in [2.75, 3.05) is 5.32 Å². The SMILES string of the molecule is NC1CCC(Nc2cc(C3=CC(C(F)(F)F)=CC(NCc4cccc(F)c4)=C[I-]3)ccn2)CC1. The van der Waals surface area contributed by atoms with Gasteiger partial charge in [-0.2, -0.15) is 0 Å². The third-order valence-corrected chi connectivity index (χ3v) is 8.34. The van der Waals surface area contributed by atoms with E-state index in [1.807, 2.05) is 10.1 Å². The summed E-state index contributed by atoms with van der Waals surface area (Å²) in [5.74, 6) is 0.285. The van der Waals surface area contributed by atoms with Crippen LogP contribution in [0.3, 0.4) is 0 Å². The van der Waals surface area contributed by atoms with E-state index in [2.05, 4.69) is 15.6 Å². The van der Waals surface area contributed by atoms with Crippen molar-refractivity contribution < 1.29 is 38.8 Å². The monoisotopic (exact) mass is 585 g/mol. The molecule has 0 saturated heterocycles. The maximum atomic E-state index is 13.8. The molecule has 0 unspecified atom stereocenters. The van der Waals surface area contributed by atoms with Crippen molar-refractivity contribution in [2.24, 2.45) is 5.73 Å². The van der Waals surface area contributed by atoms with E-state index in [1.165, 1.54) is 18.2 Å². The van der Waals surface area contributed by atoms with Gasteiger partial charge in [0.25, 0.3) is 0 Å². The standard InChI is InChI=1S/C25H26F4IN4/c26-19-3-1-2-16(10-19)15-33-22-12-18(25(27,28)29)13-23(30-14-22)17-8-9-32-24(11-17)34-21-6-4-20(31)5-7-21/h1-3,8-14,20-21,33H,4-7,15,31H2,(H,32,34)/q-1. The maximum absolute atomic E-state index is 13.8. The van der Waals surface area contributed by atoms with E-state index in [0.29, 0.717) is 20.7 Å². The molecule has 1 aromatic heterocycles. The molecule has 9 heteroatoms. The molecule has 34 heavy (non-hydrogen) atoms. The first kappa shape index (κ1) is 24.7. The number of anilines is 1. The first-order valence-corrected chi connectivity index (χ1v) is 13.4. The second-order valence-electron chi connectivity index (χ2n) is 8.43. The molecule has 0 amide bonds. The number of benzene rings is 1. The average molecular weight is 585 g/mol. The molecule has 1 aromatic carbocycles. The van der Waals surface area contributed by atoms with Crippen LogP contribution in [0.25, 0.3) is 3.58 Å². The summed E-state index contributed by atoms with van der Waals surface area (Å²) >= 11 is -0.863. The minimum atomic E-state index is -4.49. The number of aromatic nitrogens is 1. The Morgan fingerprint density at radius 1 is 1.06 bits per heavy atom. The van der Waals surface area contributed by atoms with Crippen LogP contribution in [0.4, 0.5) is 23.4 Å². The molecule has 4 nitrogen and oxygen atoms in total. The van der Waals surface area contributed by atoms with E-state index in [9.17, 15) is 17.6 Å². The molecule has 0 bridgehead atoms. The van der Waals surface area contributed by atoms with Gasteiger partial charge in [0.05, 0.1) is 0 Å². The number of alkyl halides is 3. The molecule has 2 aliphatic rings. The van der Waals surface area contributed by atoms with Gasteiger partial charge in [0.1, 0.15) is 0 Å². The fraction of sp³-hybridized carbons (Fsp3) is 0.320. The van der Waals surface area contributed by atoms with Crippen molar-refractivity contribution in [3.63, 3.8) is 0 Å². The molecule has 4 rings (SSSR count). The predicted octanol–water partition coefficient (Wildman–Crippen LogP) is 2.47. The van der Waals surface area contributed by atoms with Crippen molar-refractivity contribution in [1.29, 1.82) is 0 Å². The van der Waals surface area contributed by atoms with Crippen LogP contribution >= 0.6 is 0 Å². The Morgan fingerprint density at radius 2 is 1.85 bits per heavy atom. The first-order chi connectivity index (χ1) is 16.3. The summed E-state index contributed by atoms with van der Waals surface area (Å²) in [5.41, 5.74) is 7.04. The normalized spacial score (nSPS) is 21.4. The van der Waals surface area contributed by atoms with Crippen LogP contribution in [0, 0.1) is 5.82 Å². The number of allylic oxidation sites excluding steroid dienone is 3. The quantitative estimate of drug-likeness (QED) is 0.361. The predicted molar refractivity (Wildman–Crippen MR) is 122 cm³/mol. The molecule has 4 N–H and O–H groups in total. The van der Waals surface area contributed by atoms with Crippen LogP contribution in [0.2, 0.25) is 0 Å². The fourth-order valence-electron chi connectivity index (χ4n) is 3.91. The Morgan fingerprint density at radius 3 is 2.59 bits per heavy atom. The zero-order valence-corrected chi connectivity index (χ0v) is 20.5. The second kappa shape index (κ2) is 10.9. The molecule has 1 aliphatic heterocycles. The summed E-state index contributed by atoms with van der Waals surface area (Å²) in [6.07, 6.45) is 3.30. The Hall–Kier alpha value is -2.40. The molecule has 0 atom stereocenters. The van der Waals surface area contributed by atoms with Crippen LogP contribution in [-0.4, -0.2) is 23.2 Å². The molecule has 0 spiro atoms. The molecule has 2 aromatic rings. The van der Waals surface area contributed by atoms with Crippen LogP contribution in [-0.2, 0) is 6.54 Å². The van der Waals surface area contributed by atoms with E-state index in [1.54, 1.807) is 24.4 Å². The Balaban J connectivity index is 1.52. The minimum absolute atomic E-state index is 0.235. The summed E-state index contributed by atoms with van der Waals surface area (Å²) < 4.78 is 57.3. The summed E-state index contributed by atoms with van der Waals surface area (Å²) in [6.45, 7) is 0.235. The number of hydrogen-bond acceptors (Lipinski definition) is 4. The number of nitrogens with one attached hydrogen (secondary N) is 2. The van der Waals surface area contributed by atoms with Crippen molar-refractivity contribution >= 4 is 9.40 Å². The van der Waals surface area contributed by atoms with Gasteiger partial charge in [0.15, 0.2) is 0 Å². The van der Waals surface area contributed by atoms with E-state index >= 15 is 0 Å². The van der Waals surface area contributed by atoms with Gasteiger partial charge < -0.3 is 0 Å². The fourth-order valence-corrected chi connectivity index (χ4v) is 6.19. The third kappa shape index (κ3) is 6.82. The van der Waals surface area contributed by atoms with Gasteiger partial charge >= 0.3 is 207 Å². The molecule has 1 fully saturated rings. The van der Waals surface area contributed by atoms with Crippen molar-refractivity contribution in [1.82, 2.24) is 10.3 Å². The van der Waals surface area contributed by atoms with Gasteiger partial charge in [-0.25, -0.2) is 0 Å². The van der Waals surface area contributed by atoms with Crippen LogP contribution in [0.1, 0.15) is 36.8 Å². The number of nitrogens with two attached hydrogens (primary N) is 1. The van der Waals surface area contributed by atoms with Crippen LogP contribution in [0.15, 0.2) is 70.1 Å². The number of hydrogen-bond donors (Lipinski definition) is 3. The van der Waals surface area contributed by atoms with Gasteiger partial charge in [-0.05, 0) is 0 Å². The summed E-state index contributed by atoms with van der Waals surface area (Å²) in [5, 5.41) is 6.44. The number of pyridine rings is 1. The number of nitrogens with zero attached hydrogens (tertiary/aromatic N) is 1. The van der Waals surface area contributed by atoms with Crippen molar-refractivity contribution in [2.45, 2.75) is 50.5 Å². The summed E-state index contributed by atoms with van der Waals surface area (Å²) in [6, 6.07) is 10.1. The summed E-state index contributed by atoms with van der Waals surface area (Å²) in [7, 11) is 0. The molecule has 0 radical (unpaired) electrons. The van der Waals surface area contributed by atoms with Crippen molar-refractivity contribution in [3.8, 4) is 0 Å². The van der Waals surface area contributed by atoms with E-state index < -0.39 is 33.0 Å². The van der Waals surface area contributed by atoms with E-state index in [0.717, 1.165) is 37.3 Å². The molecule has 182 valence electrons. The molecular weight excluding hydrogens is 559 g/mol. The van der Waals surface area contributed by atoms with Gasteiger partial charge in [-0.3, -0.25) is 0 Å². The van der Waals surface area contributed by atoms with Crippen LogP contribution in [0.5, 0.6) is 0 Å². The van der Waals surface area contributed by atoms with E-state index in [-0.39, 0.29) is 24.4 Å². The summed E-state index contributed by atoms with van der Waals surface area (Å²) in [4.78, 5) is 4.37. The van der Waals surface area contributed by atoms with Crippen molar-refractivity contribution in [3.05, 3.63) is 87.0 Å². The Bertz CT molecular complexity index is 1100. The second-order valence-corrected chi connectivity index (χ2v) is 10.8. The third-order valence-electron chi connectivity index (χ3n) is 5.76. The number of halogens is 5. The average Bonchev–Trinajstić information content (AvgIpc) is 3.03. The van der Waals surface area contributed by atoms with Crippen LogP contribution < -0.4 is 37.6 Å². The zero-order valence-electron chi connectivity index (χ0n) is 18.4. The van der Waals surface area contributed by atoms with Gasteiger partial charge in [0.2, 0.25) is 0 Å². The molecule has 2 heterocycles. The Kier molecular flexibility index (Phi) is 7.92.